The minimum absolute atomic E-state index is 0.159. The van der Waals surface area contributed by atoms with E-state index < -0.39 is 11.7 Å². The molecule has 2 N–H and O–H groups in total. The van der Waals surface area contributed by atoms with Gasteiger partial charge in [-0.25, -0.2) is 0 Å². The molecule has 1 aliphatic rings. The SMILES string of the molecule is COc1ccccc1N1CC[NH+](CC(=O)Nc2cccc(C(F)(F)F)c2)CC1. The molecule has 2 aromatic carbocycles. The summed E-state index contributed by atoms with van der Waals surface area (Å²) in [5.41, 5.74) is 0.410. The topological polar surface area (TPSA) is 46.0 Å². The van der Waals surface area contributed by atoms with Crippen molar-refractivity contribution in [3.05, 3.63) is 54.1 Å². The Balaban J connectivity index is 1.53. The minimum atomic E-state index is -4.43. The van der Waals surface area contributed by atoms with Gasteiger partial charge in [-0.2, -0.15) is 13.2 Å². The molecule has 28 heavy (non-hydrogen) atoms. The normalized spacial score (nSPS) is 15.4. The van der Waals surface area contributed by atoms with Gasteiger partial charge in [0.2, 0.25) is 0 Å². The predicted octanol–water partition coefficient (Wildman–Crippen LogP) is 2.06. The van der Waals surface area contributed by atoms with E-state index in [2.05, 4.69) is 10.2 Å². The number of methoxy groups -OCH3 is 1. The molecule has 2 aromatic rings. The highest BCUT2D eigenvalue weighted by Crippen LogP contribution is 2.30. The lowest BCUT2D eigenvalue weighted by Crippen LogP contribution is -3.15. The summed E-state index contributed by atoms with van der Waals surface area (Å²) in [5.74, 6) is 0.522. The van der Waals surface area contributed by atoms with Crippen LogP contribution in [0, 0.1) is 0 Å². The van der Waals surface area contributed by atoms with Crippen molar-refractivity contribution in [3.63, 3.8) is 0 Å². The summed E-state index contributed by atoms with van der Waals surface area (Å²) >= 11 is 0. The third-order valence-electron chi connectivity index (χ3n) is 4.78. The molecule has 150 valence electrons. The molecule has 1 fully saturated rings. The average Bonchev–Trinajstić information content (AvgIpc) is 2.68. The zero-order valence-electron chi connectivity index (χ0n) is 15.6. The molecule has 0 saturated carbocycles. The number of ether oxygens (including phenoxy) is 1. The van der Waals surface area contributed by atoms with Crippen molar-refractivity contribution in [2.75, 3.05) is 50.1 Å². The number of benzene rings is 2. The van der Waals surface area contributed by atoms with Gasteiger partial charge in [-0.05, 0) is 30.3 Å². The van der Waals surface area contributed by atoms with Crippen molar-refractivity contribution in [2.45, 2.75) is 6.18 Å². The molecule has 0 radical (unpaired) electrons. The second-order valence-corrected chi connectivity index (χ2v) is 6.71. The molecule has 1 aliphatic heterocycles. The molecule has 8 heteroatoms. The largest absolute Gasteiger partial charge is 0.495 e. The van der Waals surface area contributed by atoms with Crippen molar-refractivity contribution < 1.29 is 27.6 Å². The van der Waals surface area contributed by atoms with E-state index >= 15 is 0 Å². The van der Waals surface area contributed by atoms with Crippen LogP contribution in [0.1, 0.15) is 5.56 Å². The van der Waals surface area contributed by atoms with E-state index in [-0.39, 0.29) is 18.1 Å². The van der Waals surface area contributed by atoms with E-state index in [1.54, 1.807) is 7.11 Å². The van der Waals surface area contributed by atoms with E-state index in [4.69, 9.17) is 4.74 Å². The number of quaternary nitrogens is 1. The Labute approximate surface area is 161 Å². The van der Waals surface area contributed by atoms with Gasteiger partial charge < -0.3 is 19.9 Å². The molecule has 0 spiro atoms. The Bertz CT molecular complexity index is 818. The fourth-order valence-corrected chi connectivity index (χ4v) is 3.34. The van der Waals surface area contributed by atoms with Crippen LogP contribution in [0.5, 0.6) is 5.75 Å². The molecule has 0 bridgehead atoms. The summed E-state index contributed by atoms with van der Waals surface area (Å²) in [6.07, 6.45) is -4.43. The van der Waals surface area contributed by atoms with Crippen LogP contribution < -0.4 is 19.9 Å². The Hall–Kier alpha value is -2.74. The zero-order chi connectivity index (χ0) is 20.1. The van der Waals surface area contributed by atoms with E-state index in [9.17, 15) is 18.0 Å². The number of rotatable bonds is 5. The Kier molecular flexibility index (Phi) is 6.08. The first-order chi connectivity index (χ1) is 13.4. The van der Waals surface area contributed by atoms with Crippen molar-refractivity contribution >= 4 is 17.3 Å². The molecule has 0 atom stereocenters. The summed E-state index contributed by atoms with van der Waals surface area (Å²) in [5, 5.41) is 2.57. The summed E-state index contributed by atoms with van der Waals surface area (Å²) in [6, 6.07) is 12.5. The van der Waals surface area contributed by atoms with Crippen molar-refractivity contribution in [1.29, 1.82) is 0 Å². The molecule has 0 unspecified atom stereocenters. The van der Waals surface area contributed by atoms with Gasteiger partial charge in [-0.3, -0.25) is 4.79 Å². The number of carbonyl (C=O) groups is 1. The number of hydrogen-bond acceptors (Lipinski definition) is 3. The van der Waals surface area contributed by atoms with Crippen LogP contribution >= 0.6 is 0 Å². The van der Waals surface area contributed by atoms with Crippen molar-refractivity contribution in [2.24, 2.45) is 0 Å². The van der Waals surface area contributed by atoms with Gasteiger partial charge in [0.05, 0.1) is 44.5 Å². The number of hydrogen-bond donors (Lipinski definition) is 2. The molecule has 0 aliphatic carbocycles. The lowest BCUT2D eigenvalue weighted by Gasteiger charge is -2.34. The van der Waals surface area contributed by atoms with E-state index in [1.165, 1.54) is 12.1 Å². The van der Waals surface area contributed by atoms with Crippen LogP contribution in [0.3, 0.4) is 0 Å². The minimum Gasteiger partial charge on any atom is -0.495 e. The average molecular weight is 394 g/mol. The number of nitrogens with zero attached hydrogens (tertiary/aromatic N) is 1. The first-order valence-electron chi connectivity index (χ1n) is 9.05. The number of halogens is 3. The van der Waals surface area contributed by atoms with Crippen molar-refractivity contribution in [3.8, 4) is 5.75 Å². The lowest BCUT2D eigenvalue weighted by molar-refractivity contribution is -0.892. The molecule has 3 rings (SSSR count). The van der Waals surface area contributed by atoms with E-state index in [0.29, 0.717) is 0 Å². The highest BCUT2D eigenvalue weighted by molar-refractivity contribution is 5.91. The van der Waals surface area contributed by atoms with Crippen LogP contribution in [0.4, 0.5) is 24.5 Å². The number of nitrogens with one attached hydrogen (secondary N) is 2. The van der Waals surface area contributed by atoms with Gasteiger partial charge in [0.15, 0.2) is 6.54 Å². The molecular formula is C20H23F3N3O2+. The molecular weight excluding hydrogens is 371 g/mol. The van der Waals surface area contributed by atoms with Gasteiger partial charge in [-0.1, -0.05) is 18.2 Å². The van der Waals surface area contributed by atoms with E-state index in [1.807, 2.05) is 24.3 Å². The fourth-order valence-electron chi connectivity index (χ4n) is 3.34. The lowest BCUT2D eigenvalue weighted by atomic mass is 10.2. The third kappa shape index (κ3) is 4.95. The molecule has 5 nitrogen and oxygen atoms in total. The summed E-state index contributed by atoms with van der Waals surface area (Å²) in [7, 11) is 1.64. The van der Waals surface area contributed by atoms with Crippen LogP contribution in [0.25, 0.3) is 0 Å². The number of alkyl halides is 3. The smallest absolute Gasteiger partial charge is 0.416 e. The quantitative estimate of drug-likeness (QED) is 0.816. The third-order valence-corrected chi connectivity index (χ3v) is 4.78. The predicted molar refractivity (Wildman–Crippen MR) is 101 cm³/mol. The first-order valence-corrected chi connectivity index (χ1v) is 9.05. The Morgan fingerprint density at radius 2 is 1.86 bits per heavy atom. The second-order valence-electron chi connectivity index (χ2n) is 6.71. The van der Waals surface area contributed by atoms with Crippen LogP contribution in [-0.2, 0) is 11.0 Å². The number of piperazine rings is 1. The molecule has 1 saturated heterocycles. The number of anilines is 2. The van der Waals surface area contributed by atoms with Gasteiger partial charge in [0.1, 0.15) is 5.75 Å². The Morgan fingerprint density at radius 3 is 2.54 bits per heavy atom. The van der Waals surface area contributed by atoms with Gasteiger partial charge in [0, 0.05) is 5.69 Å². The zero-order valence-corrected chi connectivity index (χ0v) is 15.6. The second kappa shape index (κ2) is 8.52. The summed E-state index contributed by atoms with van der Waals surface area (Å²) in [4.78, 5) is 15.6. The highest BCUT2D eigenvalue weighted by Gasteiger charge is 2.30. The molecule has 0 aromatic heterocycles. The van der Waals surface area contributed by atoms with Crippen molar-refractivity contribution in [1.82, 2.24) is 0 Å². The van der Waals surface area contributed by atoms with Gasteiger partial charge >= 0.3 is 6.18 Å². The molecule has 1 heterocycles. The van der Waals surface area contributed by atoms with Crippen LogP contribution in [0.2, 0.25) is 0 Å². The van der Waals surface area contributed by atoms with Crippen LogP contribution in [-0.4, -0.2) is 45.7 Å². The Morgan fingerprint density at radius 1 is 1.14 bits per heavy atom. The maximum Gasteiger partial charge on any atom is 0.416 e. The maximum absolute atomic E-state index is 12.8. The molecule has 1 amide bonds. The number of para-hydroxylation sites is 2. The monoisotopic (exact) mass is 394 g/mol. The van der Waals surface area contributed by atoms with Gasteiger partial charge in [0.25, 0.3) is 5.91 Å². The number of amides is 1. The fraction of sp³-hybridized carbons (Fsp3) is 0.350. The number of carbonyl (C=O) groups excluding carboxylic acids is 1. The van der Waals surface area contributed by atoms with Crippen LogP contribution in [0.15, 0.2) is 48.5 Å². The summed E-state index contributed by atoms with van der Waals surface area (Å²) < 4.78 is 43.7. The summed E-state index contributed by atoms with van der Waals surface area (Å²) in [6.45, 7) is 3.28. The van der Waals surface area contributed by atoms with E-state index in [0.717, 1.165) is 54.6 Å². The standard InChI is InChI=1S/C20H22F3N3O2/c1-28-18-8-3-2-7-17(18)26-11-9-25(10-12-26)14-19(27)24-16-6-4-5-15(13-16)20(21,22)23/h2-8,13H,9-12,14H2,1H3,(H,24,27)/p+1. The maximum atomic E-state index is 12.8. The first kappa shape index (κ1) is 20.0. The van der Waals surface area contributed by atoms with Gasteiger partial charge in [-0.15, -0.1) is 0 Å². The highest BCUT2D eigenvalue weighted by atomic mass is 19.4.